The molecule has 0 atom stereocenters. The molecule has 1 amide bonds. The minimum atomic E-state index is -0.302. The molecule has 1 aliphatic heterocycles. The number of imidazole rings is 1. The Bertz CT molecular complexity index is 1160. The molecule has 1 aliphatic rings. The number of amides is 1. The van der Waals surface area contributed by atoms with Crippen LogP contribution >= 0.6 is 11.3 Å². The van der Waals surface area contributed by atoms with Gasteiger partial charge in [-0.15, -0.1) is 11.3 Å². The van der Waals surface area contributed by atoms with Crippen molar-refractivity contribution in [2.75, 3.05) is 34.0 Å². The number of rotatable bonds is 8. The first-order valence-corrected chi connectivity index (χ1v) is 12.5. The van der Waals surface area contributed by atoms with E-state index in [1.807, 2.05) is 35.4 Å². The van der Waals surface area contributed by atoms with Crippen molar-refractivity contribution >= 4 is 17.2 Å². The number of carbonyl (C=O) groups excluding carboxylic acids is 1. The van der Waals surface area contributed by atoms with Crippen molar-refractivity contribution in [2.45, 2.75) is 46.2 Å². The van der Waals surface area contributed by atoms with E-state index in [1.54, 1.807) is 25.6 Å². The van der Waals surface area contributed by atoms with Crippen molar-refractivity contribution in [3.05, 3.63) is 41.0 Å². The Labute approximate surface area is 205 Å². The maximum Gasteiger partial charge on any atom is 0.290 e. The molecule has 0 bridgehead atoms. The van der Waals surface area contributed by atoms with E-state index in [4.69, 9.17) is 19.2 Å². The van der Waals surface area contributed by atoms with Crippen LogP contribution in [0.15, 0.2) is 29.6 Å². The molecule has 34 heavy (non-hydrogen) atoms. The molecule has 0 fully saturated rings. The van der Waals surface area contributed by atoms with Gasteiger partial charge in [0.15, 0.2) is 17.3 Å². The number of methoxy groups -OCH3 is 2. The minimum Gasteiger partial charge on any atom is -0.493 e. The molecular weight excluding hydrogens is 450 g/mol. The second-order valence-corrected chi connectivity index (χ2v) is 10.2. The van der Waals surface area contributed by atoms with Gasteiger partial charge in [0.2, 0.25) is 0 Å². The van der Waals surface area contributed by atoms with E-state index in [0.717, 1.165) is 33.8 Å². The van der Waals surface area contributed by atoms with Crippen LogP contribution in [0.5, 0.6) is 11.5 Å². The molecule has 0 N–H and O–H groups in total. The van der Waals surface area contributed by atoms with Gasteiger partial charge in [0.1, 0.15) is 12.3 Å². The summed E-state index contributed by atoms with van der Waals surface area (Å²) in [5, 5.41) is 2.03. The zero-order valence-corrected chi connectivity index (χ0v) is 21.6. The summed E-state index contributed by atoms with van der Waals surface area (Å²) in [5.74, 6) is 1.79. The second kappa shape index (κ2) is 9.80. The molecule has 0 radical (unpaired) electrons. The van der Waals surface area contributed by atoms with E-state index >= 15 is 0 Å². The molecule has 0 unspecified atom stereocenters. The molecule has 3 heterocycles. The van der Waals surface area contributed by atoms with Crippen LogP contribution in [0.3, 0.4) is 0 Å². The molecule has 3 aromatic rings. The zero-order valence-electron chi connectivity index (χ0n) is 20.8. The maximum atomic E-state index is 13.7. The number of hydrogen-bond acceptors (Lipinski definition) is 6. The third-order valence-electron chi connectivity index (χ3n) is 6.08. The lowest BCUT2D eigenvalue weighted by Gasteiger charge is -2.34. The molecule has 1 aromatic carbocycles. The Balaban J connectivity index is 1.89. The van der Waals surface area contributed by atoms with Gasteiger partial charge in [-0.2, -0.15) is 0 Å². The van der Waals surface area contributed by atoms with E-state index in [1.165, 1.54) is 0 Å². The monoisotopic (exact) mass is 483 g/mol. The number of nitrogens with zero attached hydrogens (tertiary/aromatic N) is 3. The van der Waals surface area contributed by atoms with Crippen LogP contribution in [0, 0.1) is 0 Å². The summed E-state index contributed by atoms with van der Waals surface area (Å²) in [4.78, 5) is 21.6. The number of benzene rings is 1. The first-order valence-electron chi connectivity index (χ1n) is 11.6. The van der Waals surface area contributed by atoms with Crippen LogP contribution in [-0.4, -0.2) is 59.9 Å². The van der Waals surface area contributed by atoms with Crippen LogP contribution in [0.25, 0.3) is 21.8 Å². The van der Waals surface area contributed by atoms with E-state index in [9.17, 15) is 4.79 Å². The van der Waals surface area contributed by atoms with Gasteiger partial charge in [-0.1, -0.05) is 6.07 Å². The van der Waals surface area contributed by atoms with E-state index in [0.29, 0.717) is 43.6 Å². The number of fused-ring (bicyclic) bond motifs is 3. The predicted octanol–water partition coefficient (Wildman–Crippen LogP) is 5.13. The quantitative estimate of drug-likeness (QED) is 0.416. The van der Waals surface area contributed by atoms with Crippen molar-refractivity contribution in [1.82, 2.24) is 14.5 Å². The van der Waals surface area contributed by atoms with Crippen LogP contribution in [0.4, 0.5) is 0 Å². The van der Waals surface area contributed by atoms with Gasteiger partial charge in [0.05, 0.1) is 24.3 Å². The van der Waals surface area contributed by atoms with Crippen molar-refractivity contribution in [2.24, 2.45) is 0 Å². The summed E-state index contributed by atoms with van der Waals surface area (Å²) < 4.78 is 18.8. The lowest BCUT2D eigenvalue weighted by atomic mass is 9.95. The molecule has 0 aliphatic carbocycles. The van der Waals surface area contributed by atoms with Gasteiger partial charge in [0, 0.05) is 31.3 Å². The number of hydrogen-bond donors (Lipinski definition) is 0. The fourth-order valence-corrected chi connectivity index (χ4v) is 5.22. The van der Waals surface area contributed by atoms with Crippen molar-refractivity contribution < 1.29 is 19.0 Å². The van der Waals surface area contributed by atoms with Crippen LogP contribution in [-0.2, 0) is 17.7 Å². The third-order valence-corrected chi connectivity index (χ3v) is 6.96. The normalized spacial score (nSPS) is 12.8. The van der Waals surface area contributed by atoms with E-state index in [-0.39, 0.29) is 11.4 Å². The van der Waals surface area contributed by atoms with Crippen molar-refractivity contribution in [1.29, 1.82) is 0 Å². The van der Waals surface area contributed by atoms with Gasteiger partial charge in [-0.25, -0.2) is 4.98 Å². The van der Waals surface area contributed by atoms with E-state index in [2.05, 4.69) is 31.4 Å². The third kappa shape index (κ3) is 4.44. The highest BCUT2D eigenvalue weighted by Crippen LogP contribution is 2.44. The second-order valence-electron chi connectivity index (χ2n) is 9.23. The summed E-state index contributed by atoms with van der Waals surface area (Å²) in [6.45, 7) is 10.4. The largest absolute Gasteiger partial charge is 0.493 e. The smallest absolute Gasteiger partial charge is 0.290 e. The van der Waals surface area contributed by atoms with Crippen LogP contribution in [0.2, 0.25) is 0 Å². The fourth-order valence-electron chi connectivity index (χ4n) is 4.50. The SMILES string of the molecule is CCN(C(=O)c1nc(-c2cccs2)c2n1CCc1cc(OC)c(OCCOC)cc1-2)C(C)(C)C. The lowest BCUT2D eigenvalue weighted by molar-refractivity contribution is 0.0581. The molecule has 182 valence electrons. The molecule has 2 aromatic heterocycles. The number of aryl methyl sites for hydroxylation is 1. The minimum absolute atomic E-state index is 0.0485. The van der Waals surface area contributed by atoms with Gasteiger partial charge < -0.3 is 23.7 Å². The van der Waals surface area contributed by atoms with Gasteiger partial charge in [-0.3, -0.25) is 4.79 Å². The average molecular weight is 484 g/mol. The number of carbonyl (C=O) groups is 1. The highest BCUT2D eigenvalue weighted by Gasteiger charge is 2.34. The first kappa shape index (κ1) is 24.3. The number of ether oxygens (including phenoxy) is 3. The van der Waals surface area contributed by atoms with Gasteiger partial charge >= 0.3 is 0 Å². The van der Waals surface area contributed by atoms with Gasteiger partial charge in [-0.05, 0) is 63.3 Å². The van der Waals surface area contributed by atoms with Crippen molar-refractivity contribution in [3.8, 4) is 33.3 Å². The fraction of sp³-hybridized carbons (Fsp3) is 0.462. The summed E-state index contributed by atoms with van der Waals surface area (Å²) in [6, 6.07) is 8.12. The summed E-state index contributed by atoms with van der Waals surface area (Å²) in [7, 11) is 3.30. The predicted molar refractivity (Wildman–Crippen MR) is 135 cm³/mol. The van der Waals surface area contributed by atoms with Crippen molar-refractivity contribution in [3.63, 3.8) is 0 Å². The molecule has 0 saturated heterocycles. The lowest BCUT2D eigenvalue weighted by Crippen LogP contribution is -2.46. The molecule has 0 spiro atoms. The molecule has 8 heteroatoms. The Kier molecular flexibility index (Phi) is 7.00. The highest BCUT2D eigenvalue weighted by molar-refractivity contribution is 7.13. The Morgan fingerprint density at radius 1 is 1.21 bits per heavy atom. The van der Waals surface area contributed by atoms with Crippen LogP contribution in [0.1, 0.15) is 43.9 Å². The average Bonchev–Trinajstić information content (AvgIpc) is 3.46. The Hall–Kier alpha value is -2.84. The Morgan fingerprint density at radius 3 is 2.62 bits per heavy atom. The van der Waals surface area contributed by atoms with Crippen LogP contribution < -0.4 is 9.47 Å². The highest BCUT2D eigenvalue weighted by atomic mass is 32.1. The zero-order chi connectivity index (χ0) is 24.5. The molecule has 7 nitrogen and oxygen atoms in total. The molecular formula is C26H33N3O4S. The molecule has 0 saturated carbocycles. The summed E-state index contributed by atoms with van der Waals surface area (Å²) in [5.41, 5.74) is 3.66. The molecule has 4 rings (SSSR count). The first-order chi connectivity index (χ1) is 16.3. The number of aromatic nitrogens is 2. The van der Waals surface area contributed by atoms with E-state index < -0.39 is 0 Å². The topological polar surface area (TPSA) is 65.8 Å². The standard InChI is InChI=1S/C26H33N3O4S/c1-7-29(26(2,3)4)25(30)24-27-22(21-9-8-14-34-21)23-18-16-20(33-13-12-31-5)19(32-6)15-17(18)10-11-28(23)24/h8-9,14-16H,7,10-13H2,1-6H3. The summed E-state index contributed by atoms with van der Waals surface area (Å²) in [6.07, 6.45) is 0.777. The maximum absolute atomic E-state index is 13.7. The Morgan fingerprint density at radius 2 is 2.00 bits per heavy atom. The number of thiophene rings is 1. The summed E-state index contributed by atoms with van der Waals surface area (Å²) >= 11 is 1.62. The van der Waals surface area contributed by atoms with Gasteiger partial charge in [0.25, 0.3) is 5.91 Å².